The first-order chi connectivity index (χ1) is 11.8. The smallest absolute Gasteiger partial charge is 0.240 e. The molecule has 1 saturated carbocycles. The molecule has 6 heteroatoms. The summed E-state index contributed by atoms with van der Waals surface area (Å²) in [6.45, 7) is 9.80. The molecule has 1 aliphatic rings. The van der Waals surface area contributed by atoms with Gasteiger partial charge in [0.2, 0.25) is 5.91 Å². The number of rotatable bonds is 9. The fourth-order valence-corrected chi connectivity index (χ4v) is 3.33. The summed E-state index contributed by atoms with van der Waals surface area (Å²) in [4.78, 5) is 12.5. The number of carbonyl (C=O) groups excluding carboxylic acids is 1. The maximum atomic E-state index is 12.5. The zero-order valence-electron chi connectivity index (χ0n) is 16.3. The van der Waals surface area contributed by atoms with Crippen molar-refractivity contribution >= 4 is 18.3 Å². The van der Waals surface area contributed by atoms with Crippen molar-refractivity contribution in [3.05, 3.63) is 35.9 Å². The molecule has 3 N–H and O–H groups in total. The molecule has 0 aromatic heterocycles. The first kappa shape index (κ1) is 22.9. The van der Waals surface area contributed by atoms with Crippen molar-refractivity contribution in [2.24, 2.45) is 11.1 Å². The normalized spacial score (nSPS) is 24.9. The largest absolute Gasteiger partial charge is 0.378 e. The monoisotopic (exact) mass is 384 g/mol. The lowest BCUT2D eigenvalue weighted by molar-refractivity contribution is -0.170. The number of nitrogens with two attached hydrogens (primary N) is 1. The van der Waals surface area contributed by atoms with Gasteiger partial charge in [0, 0.05) is 31.6 Å². The van der Waals surface area contributed by atoms with Crippen LogP contribution in [0, 0.1) is 5.41 Å². The standard InChI is InChI=1S/C20H32N2O3.ClH/c1-5-24-17-14-20(21,19(17,3)4)18(23)22-12-9-13-25-15(2)16-10-7-6-8-11-16;/h6-8,10-11,15,17H,5,9,12-14,21H2,1-4H3,(H,22,23);1H. The van der Waals surface area contributed by atoms with E-state index in [9.17, 15) is 4.79 Å². The van der Waals surface area contributed by atoms with Gasteiger partial charge in [0.1, 0.15) is 5.54 Å². The van der Waals surface area contributed by atoms with E-state index in [1.807, 2.05) is 45.9 Å². The second-order valence-electron chi connectivity index (χ2n) is 7.37. The highest BCUT2D eigenvalue weighted by atomic mass is 35.5. The Morgan fingerprint density at radius 1 is 1.35 bits per heavy atom. The number of halogens is 1. The van der Waals surface area contributed by atoms with Crippen LogP contribution in [-0.2, 0) is 14.3 Å². The Balaban J connectivity index is 0.00000338. The van der Waals surface area contributed by atoms with Crippen LogP contribution in [0.3, 0.4) is 0 Å². The van der Waals surface area contributed by atoms with Gasteiger partial charge in [0.15, 0.2) is 0 Å². The highest BCUT2D eigenvalue weighted by Crippen LogP contribution is 2.49. The lowest BCUT2D eigenvalue weighted by atomic mass is 9.54. The number of amides is 1. The molecule has 148 valence electrons. The Morgan fingerprint density at radius 3 is 2.58 bits per heavy atom. The molecule has 0 radical (unpaired) electrons. The Morgan fingerprint density at radius 2 is 2.00 bits per heavy atom. The molecule has 3 atom stereocenters. The van der Waals surface area contributed by atoms with E-state index in [1.54, 1.807) is 0 Å². The summed E-state index contributed by atoms with van der Waals surface area (Å²) in [7, 11) is 0. The number of benzene rings is 1. The van der Waals surface area contributed by atoms with E-state index in [1.165, 1.54) is 0 Å². The van der Waals surface area contributed by atoms with Gasteiger partial charge in [-0.3, -0.25) is 4.79 Å². The van der Waals surface area contributed by atoms with E-state index >= 15 is 0 Å². The summed E-state index contributed by atoms with van der Waals surface area (Å²) < 4.78 is 11.5. The molecular formula is C20H33ClN2O3. The molecule has 0 spiro atoms. The molecule has 3 unspecified atom stereocenters. The van der Waals surface area contributed by atoms with E-state index in [0.29, 0.717) is 26.2 Å². The fourth-order valence-electron chi connectivity index (χ4n) is 3.33. The molecule has 5 nitrogen and oxygen atoms in total. The lowest BCUT2D eigenvalue weighted by Crippen LogP contribution is -2.75. The molecule has 2 rings (SSSR count). The van der Waals surface area contributed by atoms with E-state index in [0.717, 1.165) is 12.0 Å². The van der Waals surface area contributed by atoms with Crippen molar-refractivity contribution in [3.8, 4) is 0 Å². The topological polar surface area (TPSA) is 73.6 Å². The van der Waals surface area contributed by atoms with Gasteiger partial charge >= 0.3 is 0 Å². The van der Waals surface area contributed by atoms with Gasteiger partial charge in [0.25, 0.3) is 0 Å². The molecule has 1 aliphatic carbocycles. The van der Waals surface area contributed by atoms with Crippen LogP contribution in [0.25, 0.3) is 0 Å². The molecule has 26 heavy (non-hydrogen) atoms. The van der Waals surface area contributed by atoms with Crippen molar-refractivity contribution in [3.63, 3.8) is 0 Å². The first-order valence-corrected chi connectivity index (χ1v) is 9.18. The highest BCUT2D eigenvalue weighted by Gasteiger charge is 2.62. The molecule has 1 aromatic carbocycles. The minimum Gasteiger partial charge on any atom is -0.378 e. The molecule has 0 heterocycles. The molecular weight excluding hydrogens is 352 g/mol. The Labute approximate surface area is 163 Å². The zero-order chi connectivity index (χ0) is 18.5. The maximum absolute atomic E-state index is 12.5. The fraction of sp³-hybridized carbons (Fsp3) is 0.650. The predicted molar refractivity (Wildman–Crippen MR) is 106 cm³/mol. The average molecular weight is 385 g/mol. The summed E-state index contributed by atoms with van der Waals surface area (Å²) in [6.07, 6.45) is 1.42. The summed E-state index contributed by atoms with van der Waals surface area (Å²) in [6, 6.07) is 10.1. The predicted octanol–water partition coefficient (Wildman–Crippen LogP) is 3.22. The number of nitrogens with one attached hydrogen (secondary N) is 1. The third kappa shape index (κ3) is 4.77. The van der Waals surface area contributed by atoms with Gasteiger partial charge in [-0.2, -0.15) is 0 Å². The lowest BCUT2D eigenvalue weighted by Gasteiger charge is -2.57. The minimum atomic E-state index is -0.856. The highest BCUT2D eigenvalue weighted by molar-refractivity contribution is 5.88. The molecule has 1 amide bonds. The van der Waals surface area contributed by atoms with Gasteiger partial charge in [-0.1, -0.05) is 44.2 Å². The van der Waals surface area contributed by atoms with Gasteiger partial charge < -0.3 is 20.5 Å². The van der Waals surface area contributed by atoms with E-state index < -0.39 is 5.54 Å². The van der Waals surface area contributed by atoms with E-state index in [-0.39, 0.29) is 35.9 Å². The number of carbonyl (C=O) groups is 1. The van der Waals surface area contributed by atoms with Crippen molar-refractivity contribution in [1.82, 2.24) is 5.32 Å². The molecule has 0 saturated heterocycles. The van der Waals surface area contributed by atoms with Crippen LogP contribution in [0.15, 0.2) is 30.3 Å². The Kier molecular flexibility index (Phi) is 8.54. The molecule has 0 bridgehead atoms. The van der Waals surface area contributed by atoms with Crippen LogP contribution in [0.1, 0.15) is 52.2 Å². The first-order valence-electron chi connectivity index (χ1n) is 9.18. The zero-order valence-corrected chi connectivity index (χ0v) is 17.1. The third-order valence-electron chi connectivity index (χ3n) is 5.48. The van der Waals surface area contributed by atoms with Gasteiger partial charge in [-0.05, 0) is 25.8 Å². The van der Waals surface area contributed by atoms with Crippen molar-refractivity contribution in [1.29, 1.82) is 0 Å². The average Bonchev–Trinajstić information content (AvgIpc) is 2.61. The van der Waals surface area contributed by atoms with Crippen LogP contribution in [-0.4, -0.2) is 37.3 Å². The molecule has 0 aliphatic heterocycles. The Hall–Kier alpha value is -1.14. The number of hydrogen-bond acceptors (Lipinski definition) is 4. The van der Waals surface area contributed by atoms with Crippen LogP contribution in [0.4, 0.5) is 0 Å². The SMILES string of the molecule is CCOC1CC(N)(C(=O)NCCCOC(C)c2ccccc2)C1(C)C.Cl. The van der Waals surface area contributed by atoms with Crippen LogP contribution >= 0.6 is 12.4 Å². The quantitative estimate of drug-likeness (QED) is 0.641. The van der Waals surface area contributed by atoms with Gasteiger partial charge in [-0.25, -0.2) is 0 Å². The summed E-state index contributed by atoms with van der Waals surface area (Å²) in [5.41, 5.74) is 6.31. The second kappa shape index (κ2) is 9.70. The summed E-state index contributed by atoms with van der Waals surface area (Å²) >= 11 is 0. The van der Waals surface area contributed by atoms with Gasteiger partial charge in [-0.15, -0.1) is 12.4 Å². The van der Waals surface area contributed by atoms with Crippen LogP contribution in [0.5, 0.6) is 0 Å². The number of hydrogen-bond donors (Lipinski definition) is 2. The van der Waals surface area contributed by atoms with Gasteiger partial charge in [0.05, 0.1) is 12.2 Å². The number of ether oxygens (including phenoxy) is 2. The second-order valence-corrected chi connectivity index (χ2v) is 7.37. The summed E-state index contributed by atoms with van der Waals surface area (Å²) in [5, 5.41) is 2.96. The maximum Gasteiger partial charge on any atom is 0.240 e. The van der Waals surface area contributed by atoms with Crippen molar-refractivity contribution in [2.75, 3.05) is 19.8 Å². The minimum absolute atomic E-state index is 0. The molecule has 1 aromatic rings. The summed E-state index contributed by atoms with van der Waals surface area (Å²) in [5.74, 6) is -0.0930. The van der Waals surface area contributed by atoms with E-state index in [2.05, 4.69) is 17.4 Å². The van der Waals surface area contributed by atoms with Crippen molar-refractivity contribution < 1.29 is 14.3 Å². The van der Waals surface area contributed by atoms with Crippen LogP contribution in [0.2, 0.25) is 0 Å². The Bertz CT molecular complexity index is 567. The van der Waals surface area contributed by atoms with Crippen LogP contribution < -0.4 is 11.1 Å². The van der Waals surface area contributed by atoms with Crippen molar-refractivity contribution in [2.45, 2.75) is 58.3 Å². The third-order valence-corrected chi connectivity index (χ3v) is 5.48. The molecule has 1 fully saturated rings. The van der Waals surface area contributed by atoms with E-state index in [4.69, 9.17) is 15.2 Å².